The Hall–Kier alpha value is -3.04. The molecule has 0 aliphatic carbocycles. The number of nitrogens with one attached hydrogen (secondary N) is 1. The molecule has 9 heteroatoms. The molecule has 1 N–H and O–H groups in total. The lowest BCUT2D eigenvalue weighted by molar-refractivity contribution is -0.116. The van der Waals surface area contributed by atoms with E-state index in [-0.39, 0.29) is 29.2 Å². The minimum atomic E-state index is -3.82. The van der Waals surface area contributed by atoms with Crippen LogP contribution in [0.3, 0.4) is 0 Å². The van der Waals surface area contributed by atoms with E-state index in [0.29, 0.717) is 11.5 Å². The third kappa shape index (κ3) is 5.23. The number of anilines is 1. The SMILES string of the molecule is CCN(CC(=O)Nc1cc(C(C)(C)C)nn1-c1ccc(F)cc1)S(=O)(=O)c1ccccc1. The summed E-state index contributed by atoms with van der Waals surface area (Å²) in [6, 6.07) is 15.5. The summed E-state index contributed by atoms with van der Waals surface area (Å²) in [5.74, 6) is -0.512. The van der Waals surface area contributed by atoms with Crippen LogP contribution in [0.4, 0.5) is 10.2 Å². The van der Waals surface area contributed by atoms with Gasteiger partial charge in [0.2, 0.25) is 15.9 Å². The Labute approximate surface area is 187 Å². The summed E-state index contributed by atoms with van der Waals surface area (Å²) in [7, 11) is -3.82. The summed E-state index contributed by atoms with van der Waals surface area (Å²) in [6.45, 7) is 7.42. The molecular formula is C23H27FN4O3S. The van der Waals surface area contributed by atoms with Crippen LogP contribution < -0.4 is 5.32 Å². The van der Waals surface area contributed by atoms with E-state index in [1.54, 1.807) is 43.3 Å². The van der Waals surface area contributed by atoms with E-state index in [0.717, 1.165) is 10.00 Å². The fourth-order valence-electron chi connectivity index (χ4n) is 3.07. The first-order valence-electron chi connectivity index (χ1n) is 10.2. The van der Waals surface area contributed by atoms with Crippen LogP contribution >= 0.6 is 0 Å². The molecule has 1 amide bonds. The first kappa shape index (κ1) is 23.6. The molecule has 1 aromatic heterocycles. The molecule has 0 radical (unpaired) electrons. The Morgan fingerprint density at radius 2 is 1.72 bits per heavy atom. The number of halogens is 1. The normalized spacial score (nSPS) is 12.2. The summed E-state index contributed by atoms with van der Waals surface area (Å²) < 4.78 is 41.8. The second-order valence-corrected chi connectivity index (χ2v) is 10.3. The minimum absolute atomic E-state index is 0.126. The number of benzene rings is 2. The van der Waals surface area contributed by atoms with Crippen LogP contribution in [-0.4, -0.2) is 41.5 Å². The van der Waals surface area contributed by atoms with Gasteiger partial charge in [-0.3, -0.25) is 4.79 Å². The van der Waals surface area contributed by atoms with Crippen LogP contribution in [0, 0.1) is 5.82 Å². The molecule has 0 unspecified atom stereocenters. The number of amides is 1. The largest absolute Gasteiger partial charge is 0.309 e. The Morgan fingerprint density at radius 1 is 1.09 bits per heavy atom. The smallest absolute Gasteiger partial charge is 0.243 e. The van der Waals surface area contributed by atoms with E-state index in [1.807, 2.05) is 20.8 Å². The quantitative estimate of drug-likeness (QED) is 0.581. The summed E-state index contributed by atoms with van der Waals surface area (Å²) >= 11 is 0. The van der Waals surface area contributed by atoms with Crippen molar-refractivity contribution in [2.75, 3.05) is 18.4 Å². The highest BCUT2D eigenvalue weighted by atomic mass is 32.2. The summed E-state index contributed by atoms with van der Waals surface area (Å²) in [5.41, 5.74) is 1.000. The number of likely N-dealkylation sites (N-methyl/N-ethyl adjacent to an activating group) is 1. The number of hydrogen-bond acceptors (Lipinski definition) is 4. The molecule has 170 valence electrons. The molecule has 7 nitrogen and oxygen atoms in total. The average molecular weight is 459 g/mol. The van der Waals surface area contributed by atoms with Crippen LogP contribution in [0.1, 0.15) is 33.4 Å². The van der Waals surface area contributed by atoms with Crippen LogP contribution in [0.15, 0.2) is 65.6 Å². The van der Waals surface area contributed by atoms with Gasteiger partial charge in [0.05, 0.1) is 22.8 Å². The predicted molar refractivity (Wildman–Crippen MR) is 122 cm³/mol. The molecule has 3 aromatic rings. The Bertz CT molecular complexity index is 1180. The number of nitrogens with zero attached hydrogens (tertiary/aromatic N) is 3. The summed E-state index contributed by atoms with van der Waals surface area (Å²) in [5, 5.41) is 7.34. The monoisotopic (exact) mass is 458 g/mol. The van der Waals surface area contributed by atoms with Gasteiger partial charge in [-0.05, 0) is 36.4 Å². The van der Waals surface area contributed by atoms with Gasteiger partial charge < -0.3 is 5.32 Å². The van der Waals surface area contributed by atoms with Gasteiger partial charge in [0.1, 0.15) is 11.6 Å². The van der Waals surface area contributed by atoms with Crippen molar-refractivity contribution >= 4 is 21.7 Å². The Kier molecular flexibility index (Phi) is 6.80. The van der Waals surface area contributed by atoms with E-state index >= 15 is 0 Å². The fraction of sp³-hybridized carbons (Fsp3) is 0.304. The lowest BCUT2D eigenvalue weighted by Crippen LogP contribution is -2.38. The minimum Gasteiger partial charge on any atom is -0.309 e. The lowest BCUT2D eigenvalue weighted by Gasteiger charge is -2.20. The predicted octanol–water partition coefficient (Wildman–Crippen LogP) is 3.96. The van der Waals surface area contributed by atoms with Gasteiger partial charge in [-0.15, -0.1) is 0 Å². The van der Waals surface area contributed by atoms with Crippen LogP contribution in [-0.2, 0) is 20.2 Å². The maximum Gasteiger partial charge on any atom is 0.243 e. The maximum absolute atomic E-state index is 13.4. The highest BCUT2D eigenvalue weighted by Gasteiger charge is 2.26. The van der Waals surface area contributed by atoms with Crippen LogP contribution in [0.25, 0.3) is 5.69 Å². The molecule has 32 heavy (non-hydrogen) atoms. The van der Waals surface area contributed by atoms with Gasteiger partial charge in [0.15, 0.2) is 0 Å². The first-order chi connectivity index (χ1) is 15.0. The highest BCUT2D eigenvalue weighted by Crippen LogP contribution is 2.26. The molecule has 2 aromatic carbocycles. The van der Waals surface area contributed by atoms with Crippen molar-refractivity contribution in [2.45, 2.75) is 38.0 Å². The zero-order chi connectivity index (χ0) is 23.5. The van der Waals surface area contributed by atoms with Gasteiger partial charge in [0, 0.05) is 18.0 Å². The number of aromatic nitrogens is 2. The van der Waals surface area contributed by atoms with Crippen molar-refractivity contribution in [3.05, 3.63) is 72.2 Å². The average Bonchev–Trinajstić information content (AvgIpc) is 3.17. The third-order valence-electron chi connectivity index (χ3n) is 4.87. The maximum atomic E-state index is 13.4. The molecule has 3 rings (SSSR count). The van der Waals surface area contributed by atoms with E-state index in [4.69, 9.17) is 0 Å². The van der Waals surface area contributed by atoms with E-state index in [2.05, 4.69) is 10.4 Å². The van der Waals surface area contributed by atoms with Crippen molar-refractivity contribution in [3.8, 4) is 5.69 Å². The molecule has 0 fully saturated rings. The molecule has 0 bridgehead atoms. The van der Waals surface area contributed by atoms with Crippen LogP contribution in [0.2, 0.25) is 0 Å². The molecule has 1 heterocycles. The van der Waals surface area contributed by atoms with Crippen molar-refractivity contribution in [1.29, 1.82) is 0 Å². The number of sulfonamides is 1. The first-order valence-corrected chi connectivity index (χ1v) is 11.7. The van der Waals surface area contributed by atoms with Crippen molar-refractivity contribution in [2.24, 2.45) is 0 Å². The van der Waals surface area contributed by atoms with E-state index in [1.165, 1.54) is 28.9 Å². The summed E-state index contributed by atoms with van der Waals surface area (Å²) in [4.78, 5) is 13.0. The number of carbonyl (C=O) groups excluding carboxylic acids is 1. The second-order valence-electron chi connectivity index (χ2n) is 8.35. The van der Waals surface area contributed by atoms with Crippen molar-refractivity contribution < 1.29 is 17.6 Å². The number of hydrogen-bond donors (Lipinski definition) is 1. The number of carbonyl (C=O) groups is 1. The van der Waals surface area contributed by atoms with Gasteiger partial charge in [-0.25, -0.2) is 17.5 Å². The van der Waals surface area contributed by atoms with Gasteiger partial charge in [0.25, 0.3) is 0 Å². The number of rotatable bonds is 7. The molecule has 0 saturated heterocycles. The standard InChI is InChI=1S/C23H27FN4O3S/c1-5-27(32(30,31)19-9-7-6-8-10-19)16-22(29)25-21-15-20(23(2,3)4)26-28(21)18-13-11-17(24)12-14-18/h6-15H,5,16H2,1-4H3,(H,25,29). The highest BCUT2D eigenvalue weighted by molar-refractivity contribution is 7.89. The zero-order valence-corrected chi connectivity index (χ0v) is 19.4. The zero-order valence-electron chi connectivity index (χ0n) is 18.5. The third-order valence-corrected chi connectivity index (χ3v) is 6.81. The van der Waals surface area contributed by atoms with Crippen molar-refractivity contribution in [3.63, 3.8) is 0 Å². The molecule has 0 saturated carbocycles. The van der Waals surface area contributed by atoms with E-state index in [9.17, 15) is 17.6 Å². The molecule has 0 aliphatic heterocycles. The second kappa shape index (κ2) is 9.22. The molecule has 0 aliphatic rings. The lowest BCUT2D eigenvalue weighted by atomic mass is 9.92. The van der Waals surface area contributed by atoms with Gasteiger partial charge in [-0.1, -0.05) is 45.9 Å². The Balaban J connectivity index is 1.88. The molecule has 0 spiro atoms. The van der Waals surface area contributed by atoms with Crippen molar-refractivity contribution in [1.82, 2.24) is 14.1 Å². The summed E-state index contributed by atoms with van der Waals surface area (Å²) in [6.07, 6.45) is 0. The van der Waals surface area contributed by atoms with E-state index < -0.39 is 15.9 Å². The van der Waals surface area contributed by atoms with Gasteiger partial charge in [-0.2, -0.15) is 9.40 Å². The topological polar surface area (TPSA) is 84.3 Å². The molecular weight excluding hydrogens is 431 g/mol. The molecule has 0 atom stereocenters. The Morgan fingerprint density at radius 3 is 2.28 bits per heavy atom. The van der Waals surface area contributed by atoms with Gasteiger partial charge >= 0.3 is 0 Å². The van der Waals surface area contributed by atoms with Crippen LogP contribution in [0.5, 0.6) is 0 Å². The fourth-order valence-corrected chi connectivity index (χ4v) is 4.49.